The van der Waals surface area contributed by atoms with Crippen molar-refractivity contribution in [2.24, 2.45) is 7.05 Å². The fourth-order valence-corrected chi connectivity index (χ4v) is 3.60. The van der Waals surface area contributed by atoms with Gasteiger partial charge in [-0.2, -0.15) is 10.2 Å². The van der Waals surface area contributed by atoms with Crippen LogP contribution in [0.3, 0.4) is 0 Å². The zero-order valence-corrected chi connectivity index (χ0v) is 15.1. The molecule has 1 saturated heterocycles. The second-order valence-corrected chi connectivity index (χ2v) is 6.91. The molecular weight excluding hydrogens is 302 g/mol. The first kappa shape index (κ1) is 16.7. The second kappa shape index (κ2) is 6.79. The van der Waals surface area contributed by atoms with E-state index in [1.165, 1.54) is 11.1 Å². The fraction of sp³-hybridized carbons (Fsp3) is 0.611. The predicted octanol–water partition coefficient (Wildman–Crippen LogP) is 2.34. The molecule has 6 heteroatoms. The van der Waals surface area contributed by atoms with E-state index in [1.807, 2.05) is 41.4 Å². The summed E-state index contributed by atoms with van der Waals surface area (Å²) in [6, 6.07) is 0.304. The molecule has 0 spiro atoms. The number of rotatable bonds is 4. The highest BCUT2D eigenvalue weighted by Crippen LogP contribution is 2.22. The van der Waals surface area contributed by atoms with Gasteiger partial charge in [0.05, 0.1) is 17.9 Å². The van der Waals surface area contributed by atoms with Gasteiger partial charge in [0.25, 0.3) is 0 Å². The van der Waals surface area contributed by atoms with Crippen LogP contribution in [0.2, 0.25) is 0 Å². The molecule has 1 aliphatic rings. The summed E-state index contributed by atoms with van der Waals surface area (Å²) in [6.45, 7) is 7.76. The summed E-state index contributed by atoms with van der Waals surface area (Å²) in [5.41, 5.74) is 4.57. The van der Waals surface area contributed by atoms with Crippen LogP contribution in [0.4, 0.5) is 0 Å². The zero-order valence-electron chi connectivity index (χ0n) is 15.1. The zero-order chi connectivity index (χ0) is 17.3. The number of carbonyl (C=O) groups excluding carboxylic acids is 1. The molecule has 2 aromatic heterocycles. The van der Waals surface area contributed by atoms with Crippen LogP contribution in [0.1, 0.15) is 47.8 Å². The Balaban J connectivity index is 1.60. The van der Waals surface area contributed by atoms with Gasteiger partial charge in [-0.15, -0.1) is 0 Å². The van der Waals surface area contributed by atoms with Gasteiger partial charge < -0.3 is 4.90 Å². The summed E-state index contributed by atoms with van der Waals surface area (Å²) in [7, 11) is 1.95. The lowest BCUT2D eigenvalue weighted by Crippen LogP contribution is -2.41. The summed E-state index contributed by atoms with van der Waals surface area (Å²) >= 11 is 0. The maximum absolute atomic E-state index is 12.7. The topological polar surface area (TPSA) is 56.0 Å². The molecule has 0 saturated carbocycles. The van der Waals surface area contributed by atoms with Crippen molar-refractivity contribution in [2.75, 3.05) is 13.1 Å². The second-order valence-electron chi connectivity index (χ2n) is 6.91. The predicted molar refractivity (Wildman–Crippen MR) is 92.8 cm³/mol. The first-order valence-corrected chi connectivity index (χ1v) is 8.73. The van der Waals surface area contributed by atoms with Crippen molar-refractivity contribution in [2.45, 2.75) is 52.5 Å². The highest BCUT2D eigenvalue weighted by Gasteiger charge is 2.25. The number of nitrogens with zero attached hydrogens (tertiary/aromatic N) is 5. The summed E-state index contributed by atoms with van der Waals surface area (Å²) < 4.78 is 3.91. The normalized spacial score (nSPS) is 18.2. The molecule has 3 rings (SSSR count). The molecule has 130 valence electrons. The summed E-state index contributed by atoms with van der Waals surface area (Å²) in [5, 5.41) is 8.86. The molecule has 1 fully saturated rings. The van der Waals surface area contributed by atoms with Gasteiger partial charge in [-0.3, -0.25) is 14.2 Å². The highest BCUT2D eigenvalue weighted by atomic mass is 16.2. The number of carbonyl (C=O) groups is 1. The maximum Gasteiger partial charge on any atom is 0.222 e. The Labute approximate surface area is 143 Å². The van der Waals surface area contributed by atoms with E-state index < -0.39 is 0 Å². The smallest absolute Gasteiger partial charge is 0.222 e. The van der Waals surface area contributed by atoms with Crippen LogP contribution in [-0.4, -0.2) is 43.5 Å². The standard InChI is InChI=1S/C18H27N5O/c1-13-10-19-23(11-13)16-6-5-9-22(12-16)18(24)8-7-17-14(2)20-21(4)15(17)3/h10-11,16H,5-9,12H2,1-4H3/t16-/m0/s1. The molecule has 3 heterocycles. The molecule has 0 aromatic carbocycles. The highest BCUT2D eigenvalue weighted by molar-refractivity contribution is 5.76. The SMILES string of the molecule is Cc1cnn([C@H]2CCCN(C(=O)CCc3c(C)nn(C)c3C)C2)c1. The van der Waals surface area contributed by atoms with Gasteiger partial charge in [0.1, 0.15) is 0 Å². The number of aromatic nitrogens is 4. The van der Waals surface area contributed by atoms with Gasteiger partial charge in [-0.25, -0.2) is 0 Å². The molecule has 1 aliphatic heterocycles. The molecule has 1 amide bonds. The average Bonchev–Trinajstić information content (AvgIpc) is 3.10. The minimum Gasteiger partial charge on any atom is -0.341 e. The van der Waals surface area contributed by atoms with Crippen molar-refractivity contribution in [1.82, 2.24) is 24.5 Å². The Hall–Kier alpha value is -2.11. The number of amides is 1. The fourth-order valence-electron chi connectivity index (χ4n) is 3.60. The average molecular weight is 329 g/mol. The summed E-state index contributed by atoms with van der Waals surface area (Å²) in [4.78, 5) is 14.7. The Morgan fingerprint density at radius 3 is 2.75 bits per heavy atom. The van der Waals surface area contributed by atoms with Gasteiger partial charge in [-0.05, 0) is 51.2 Å². The van der Waals surface area contributed by atoms with E-state index in [0.717, 1.165) is 43.7 Å². The number of hydrogen-bond donors (Lipinski definition) is 0. The van der Waals surface area contributed by atoms with Crippen molar-refractivity contribution in [1.29, 1.82) is 0 Å². The first-order valence-electron chi connectivity index (χ1n) is 8.73. The number of likely N-dealkylation sites (tertiary alicyclic amines) is 1. The van der Waals surface area contributed by atoms with E-state index in [0.29, 0.717) is 12.5 Å². The molecule has 0 radical (unpaired) electrons. The quantitative estimate of drug-likeness (QED) is 0.865. The third kappa shape index (κ3) is 3.37. The van der Waals surface area contributed by atoms with E-state index >= 15 is 0 Å². The van der Waals surface area contributed by atoms with Gasteiger partial charge in [0.15, 0.2) is 0 Å². The van der Waals surface area contributed by atoms with Crippen LogP contribution in [0.15, 0.2) is 12.4 Å². The summed E-state index contributed by atoms with van der Waals surface area (Å²) in [6.07, 6.45) is 7.41. The minimum absolute atomic E-state index is 0.242. The largest absolute Gasteiger partial charge is 0.341 e. The van der Waals surface area contributed by atoms with Gasteiger partial charge in [0.2, 0.25) is 5.91 Å². The van der Waals surface area contributed by atoms with Crippen molar-refractivity contribution in [3.8, 4) is 0 Å². The monoisotopic (exact) mass is 329 g/mol. The molecular formula is C18H27N5O. The summed E-state index contributed by atoms with van der Waals surface area (Å²) in [5.74, 6) is 0.242. The molecule has 0 bridgehead atoms. The lowest BCUT2D eigenvalue weighted by Gasteiger charge is -2.33. The molecule has 1 atom stereocenters. The molecule has 24 heavy (non-hydrogen) atoms. The Bertz CT molecular complexity index is 730. The van der Waals surface area contributed by atoms with E-state index in [4.69, 9.17) is 0 Å². The van der Waals surface area contributed by atoms with Crippen molar-refractivity contribution < 1.29 is 4.79 Å². The molecule has 6 nitrogen and oxygen atoms in total. The number of piperidine rings is 1. The van der Waals surface area contributed by atoms with Crippen LogP contribution in [0, 0.1) is 20.8 Å². The van der Waals surface area contributed by atoms with E-state index in [9.17, 15) is 4.79 Å². The Kier molecular flexibility index (Phi) is 4.73. The molecule has 0 N–H and O–H groups in total. The van der Waals surface area contributed by atoms with Crippen LogP contribution in [-0.2, 0) is 18.3 Å². The maximum atomic E-state index is 12.7. The van der Waals surface area contributed by atoms with Gasteiger partial charge in [0, 0.05) is 38.4 Å². The van der Waals surface area contributed by atoms with Crippen molar-refractivity contribution in [3.05, 3.63) is 34.9 Å². The van der Waals surface area contributed by atoms with Crippen molar-refractivity contribution >= 4 is 5.91 Å². The molecule has 0 aliphatic carbocycles. The third-order valence-electron chi connectivity index (χ3n) is 5.10. The number of aryl methyl sites for hydroxylation is 3. The lowest BCUT2D eigenvalue weighted by molar-refractivity contribution is -0.132. The molecule has 2 aromatic rings. The van der Waals surface area contributed by atoms with Crippen LogP contribution < -0.4 is 0 Å². The Morgan fingerprint density at radius 2 is 2.12 bits per heavy atom. The van der Waals surface area contributed by atoms with Crippen LogP contribution in [0.5, 0.6) is 0 Å². The van der Waals surface area contributed by atoms with Crippen molar-refractivity contribution in [3.63, 3.8) is 0 Å². The minimum atomic E-state index is 0.242. The first-order chi connectivity index (χ1) is 11.5. The lowest BCUT2D eigenvalue weighted by atomic mass is 10.0. The Morgan fingerprint density at radius 1 is 1.33 bits per heavy atom. The number of hydrogen-bond acceptors (Lipinski definition) is 3. The van der Waals surface area contributed by atoms with Crippen LogP contribution in [0.25, 0.3) is 0 Å². The van der Waals surface area contributed by atoms with E-state index in [-0.39, 0.29) is 5.91 Å². The van der Waals surface area contributed by atoms with Crippen LogP contribution >= 0.6 is 0 Å². The van der Waals surface area contributed by atoms with Gasteiger partial charge in [-0.1, -0.05) is 0 Å². The van der Waals surface area contributed by atoms with Gasteiger partial charge >= 0.3 is 0 Å². The molecule has 0 unspecified atom stereocenters. The van der Waals surface area contributed by atoms with E-state index in [2.05, 4.69) is 23.3 Å². The van der Waals surface area contributed by atoms with E-state index in [1.54, 1.807) is 0 Å². The third-order valence-corrected chi connectivity index (χ3v) is 5.10.